The van der Waals surface area contributed by atoms with Gasteiger partial charge in [-0.1, -0.05) is 18.2 Å². The minimum absolute atomic E-state index is 0.665. The molecule has 0 radical (unpaired) electrons. The minimum Gasteiger partial charge on any atom is -0.229 e. The fourth-order valence-corrected chi connectivity index (χ4v) is 1.13. The summed E-state index contributed by atoms with van der Waals surface area (Å²) in [5.41, 5.74) is 1.71. The van der Waals surface area contributed by atoms with Gasteiger partial charge in [0.15, 0.2) is 5.82 Å². The number of nitrogens with zero attached hydrogens (tertiary/aromatic N) is 3. The van der Waals surface area contributed by atoms with Crippen LogP contribution >= 0.6 is 0 Å². The van der Waals surface area contributed by atoms with Gasteiger partial charge in [0.1, 0.15) is 5.52 Å². The van der Waals surface area contributed by atoms with Gasteiger partial charge in [-0.05, 0) is 12.1 Å². The minimum atomic E-state index is 0.665. The Morgan fingerprint density at radius 3 is 2.69 bits per heavy atom. The van der Waals surface area contributed by atoms with E-state index in [1.165, 1.54) is 0 Å². The number of hydrogen-bond acceptors (Lipinski definition) is 3. The molecule has 0 aliphatic rings. The van der Waals surface area contributed by atoms with Crippen LogP contribution < -0.4 is 0 Å². The molecule has 1 heterocycles. The van der Waals surface area contributed by atoms with Gasteiger partial charge >= 0.3 is 0 Å². The van der Waals surface area contributed by atoms with Crippen LogP contribution in [0, 0.1) is 0 Å². The molecule has 0 saturated carbocycles. The predicted molar refractivity (Wildman–Crippen MR) is 51.2 cm³/mol. The number of allylic oxidation sites excluding steroid dienone is 1. The third-order valence-electron chi connectivity index (χ3n) is 1.73. The summed E-state index contributed by atoms with van der Waals surface area (Å²) in [5, 5.41) is 8.00. The van der Waals surface area contributed by atoms with E-state index in [1.54, 1.807) is 6.08 Å². The van der Waals surface area contributed by atoms with Crippen molar-refractivity contribution in [1.82, 2.24) is 15.2 Å². The normalized spacial score (nSPS) is 10.2. The van der Waals surface area contributed by atoms with Crippen LogP contribution in [0.2, 0.25) is 0 Å². The van der Waals surface area contributed by atoms with Gasteiger partial charge in [0.05, 0.1) is 5.52 Å². The maximum absolute atomic E-state index is 4.32. The molecule has 0 N–H and O–H groups in total. The van der Waals surface area contributed by atoms with E-state index in [-0.39, 0.29) is 0 Å². The van der Waals surface area contributed by atoms with E-state index in [0.717, 1.165) is 11.0 Å². The molecular formula is C10H9N3. The number of hydrogen-bond donors (Lipinski definition) is 0. The van der Waals surface area contributed by atoms with Crippen LogP contribution in [-0.4, -0.2) is 15.2 Å². The summed E-state index contributed by atoms with van der Waals surface area (Å²) in [5.74, 6) is 0.716. The Labute approximate surface area is 76.1 Å². The summed E-state index contributed by atoms with van der Waals surface area (Å²) in [6.07, 6.45) is 2.43. The van der Waals surface area contributed by atoms with E-state index in [4.69, 9.17) is 0 Å². The van der Waals surface area contributed by atoms with Gasteiger partial charge in [-0.2, -0.15) is 0 Å². The first-order valence-corrected chi connectivity index (χ1v) is 4.09. The van der Waals surface area contributed by atoms with E-state index < -0.39 is 0 Å². The molecule has 0 atom stereocenters. The van der Waals surface area contributed by atoms with Gasteiger partial charge in [-0.25, -0.2) is 4.98 Å². The summed E-state index contributed by atoms with van der Waals surface area (Å²) in [7, 11) is 0. The van der Waals surface area contributed by atoms with Crippen molar-refractivity contribution in [3.8, 4) is 0 Å². The third kappa shape index (κ3) is 1.54. The van der Waals surface area contributed by atoms with Crippen LogP contribution in [0.3, 0.4) is 0 Å². The molecule has 64 valence electrons. The predicted octanol–water partition coefficient (Wildman–Crippen LogP) is 1.75. The van der Waals surface area contributed by atoms with Crippen molar-refractivity contribution >= 4 is 11.0 Å². The zero-order valence-corrected chi connectivity index (χ0v) is 7.14. The van der Waals surface area contributed by atoms with Gasteiger partial charge in [0, 0.05) is 6.42 Å². The van der Waals surface area contributed by atoms with Crippen LogP contribution in [0.25, 0.3) is 11.0 Å². The first-order chi connectivity index (χ1) is 6.40. The van der Waals surface area contributed by atoms with Crippen LogP contribution in [0.5, 0.6) is 0 Å². The van der Waals surface area contributed by atoms with Crippen LogP contribution in [-0.2, 0) is 6.42 Å². The number of aromatic nitrogens is 3. The van der Waals surface area contributed by atoms with Crippen molar-refractivity contribution in [3.05, 3.63) is 42.7 Å². The number of para-hydroxylation sites is 1. The number of fused-ring (bicyclic) bond motifs is 1. The fraction of sp³-hybridized carbons (Fsp3) is 0.100. The summed E-state index contributed by atoms with van der Waals surface area (Å²) in [6.45, 7) is 3.63. The van der Waals surface area contributed by atoms with Crippen molar-refractivity contribution in [2.45, 2.75) is 6.42 Å². The van der Waals surface area contributed by atoms with E-state index in [2.05, 4.69) is 21.8 Å². The smallest absolute Gasteiger partial charge is 0.155 e. The lowest BCUT2D eigenvalue weighted by Crippen LogP contribution is -1.96. The molecule has 0 aliphatic carbocycles. The number of benzene rings is 1. The molecule has 13 heavy (non-hydrogen) atoms. The Kier molecular flexibility index (Phi) is 2.00. The highest BCUT2D eigenvalue weighted by Crippen LogP contribution is 2.06. The molecule has 3 nitrogen and oxygen atoms in total. The Morgan fingerprint density at radius 1 is 1.15 bits per heavy atom. The fourth-order valence-electron chi connectivity index (χ4n) is 1.13. The first kappa shape index (κ1) is 7.86. The second-order valence-electron chi connectivity index (χ2n) is 2.71. The van der Waals surface area contributed by atoms with Gasteiger partial charge < -0.3 is 0 Å². The van der Waals surface area contributed by atoms with Crippen molar-refractivity contribution in [3.63, 3.8) is 0 Å². The van der Waals surface area contributed by atoms with Crippen molar-refractivity contribution in [2.24, 2.45) is 0 Å². The summed E-state index contributed by atoms with van der Waals surface area (Å²) in [6, 6.07) is 7.68. The van der Waals surface area contributed by atoms with Gasteiger partial charge in [0.2, 0.25) is 0 Å². The second-order valence-corrected chi connectivity index (χ2v) is 2.71. The van der Waals surface area contributed by atoms with Crippen molar-refractivity contribution in [1.29, 1.82) is 0 Å². The zero-order valence-electron chi connectivity index (χ0n) is 7.14. The summed E-state index contributed by atoms with van der Waals surface area (Å²) >= 11 is 0. The van der Waals surface area contributed by atoms with E-state index in [9.17, 15) is 0 Å². The Balaban J connectivity index is 2.55. The molecule has 0 fully saturated rings. The molecule has 0 aliphatic heterocycles. The first-order valence-electron chi connectivity index (χ1n) is 4.09. The topological polar surface area (TPSA) is 38.7 Å². The molecule has 0 amide bonds. The Hall–Kier alpha value is -1.77. The lowest BCUT2D eigenvalue weighted by Gasteiger charge is -1.96. The second kappa shape index (κ2) is 3.31. The standard InChI is InChI=1S/C10H9N3/c1-2-5-10-11-8-6-3-4-7-9(8)12-13-10/h2-4,6-7H,1,5H2. The van der Waals surface area contributed by atoms with Crippen molar-refractivity contribution < 1.29 is 0 Å². The monoisotopic (exact) mass is 171 g/mol. The molecule has 0 spiro atoms. The van der Waals surface area contributed by atoms with E-state index in [0.29, 0.717) is 12.2 Å². The Bertz CT molecular complexity index is 437. The SMILES string of the molecule is C=CCc1nnc2ccccc2n1. The average molecular weight is 171 g/mol. The van der Waals surface area contributed by atoms with Gasteiger partial charge in [-0.15, -0.1) is 16.8 Å². The molecule has 0 unspecified atom stereocenters. The quantitative estimate of drug-likeness (QED) is 0.646. The highest BCUT2D eigenvalue weighted by atomic mass is 15.1. The van der Waals surface area contributed by atoms with Gasteiger partial charge in [-0.3, -0.25) is 0 Å². The molecule has 0 saturated heterocycles. The molecule has 2 aromatic rings. The molecule has 1 aromatic heterocycles. The summed E-state index contributed by atoms with van der Waals surface area (Å²) in [4.78, 5) is 4.32. The highest BCUT2D eigenvalue weighted by molar-refractivity contribution is 5.72. The number of rotatable bonds is 2. The molecule has 3 heteroatoms. The molecule has 0 bridgehead atoms. The molecule has 1 aromatic carbocycles. The largest absolute Gasteiger partial charge is 0.229 e. The third-order valence-corrected chi connectivity index (χ3v) is 1.73. The average Bonchev–Trinajstić information content (AvgIpc) is 2.18. The van der Waals surface area contributed by atoms with Crippen molar-refractivity contribution in [2.75, 3.05) is 0 Å². The maximum Gasteiger partial charge on any atom is 0.155 e. The van der Waals surface area contributed by atoms with Gasteiger partial charge in [0.25, 0.3) is 0 Å². The lowest BCUT2D eigenvalue weighted by atomic mass is 10.3. The highest BCUT2D eigenvalue weighted by Gasteiger charge is 1.97. The lowest BCUT2D eigenvalue weighted by molar-refractivity contribution is 0.913. The molecule has 2 rings (SSSR count). The zero-order chi connectivity index (χ0) is 9.10. The van der Waals surface area contributed by atoms with Crippen LogP contribution in [0.1, 0.15) is 5.82 Å². The molecular weight excluding hydrogens is 162 g/mol. The summed E-state index contributed by atoms with van der Waals surface area (Å²) < 4.78 is 0. The van der Waals surface area contributed by atoms with Crippen LogP contribution in [0.4, 0.5) is 0 Å². The Morgan fingerprint density at radius 2 is 1.92 bits per heavy atom. The van der Waals surface area contributed by atoms with E-state index >= 15 is 0 Å². The van der Waals surface area contributed by atoms with E-state index in [1.807, 2.05) is 24.3 Å². The van der Waals surface area contributed by atoms with Crippen LogP contribution in [0.15, 0.2) is 36.9 Å². The maximum atomic E-state index is 4.32.